The summed E-state index contributed by atoms with van der Waals surface area (Å²) in [5.74, 6) is -2.23. The van der Waals surface area contributed by atoms with Crippen LogP contribution in [-0.4, -0.2) is 84.2 Å². The molecule has 290 valence electrons. The Balaban J connectivity index is 1.26. The molecule has 3 heterocycles. The molecular weight excluding hydrogens is 723 g/mol. The first kappa shape index (κ1) is 38.1. The van der Waals surface area contributed by atoms with Crippen molar-refractivity contribution in [3.63, 3.8) is 0 Å². The van der Waals surface area contributed by atoms with Crippen LogP contribution >= 0.6 is 0 Å². The van der Waals surface area contributed by atoms with Gasteiger partial charge in [-0.3, -0.25) is 19.1 Å². The number of ether oxygens (including phenoxy) is 2. The van der Waals surface area contributed by atoms with E-state index in [1.54, 1.807) is 20.8 Å². The number of nitrogens with one attached hydrogen (secondary N) is 3. The number of nitrogens with zero attached hydrogens (tertiary/aromatic N) is 2. The molecule has 3 N–H and O–H groups in total. The summed E-state index contributed by atoms with van der Waals surface area (Å²) in [4.78, 5) is 61.9. The summed E-state index contributed by atoms with van der Waals surface area (Å²) in [6, 6.07) is 15.4. The molecule has 2 aliphatic carbocycles. The van der Waals surface area contributed by atoms with Crippen molar-refractivity contribution in [2.45, 2.75) is 88.3 Å². The second kappa shape index (κ2) is 14.8. The van der Waals surface area contributed by atoms with Gasteiger partial charge in [-0.15, -0.1) is 6.58 Å². The molecule has 7 rings (SSSR count). The van der Waals surface area contributed by atoms with Gasteiger partial charge in [-0.05, 0) is 60.6 Å². The Morgan fingerprint density at radius 3 is 2.55 bits per heavy atom. The van der Waals surface area contributed by atoms with Gasteiger partial charge in [0.05, 0.1) is 24.1 Å². The van der Waals surface area contributed by atoms with Crippen LogP contribution in [0.3, 0.4) is 0 Å². The Bertz CT molecular complexity index is 2160. The number of allylic oxidation sites excluding steroid dienone is 1. The van der Waals surface area contributed by atoms with E-state index in [4.69, 9.17) is 14.5 Å². The highest BCUT2D eigenvalue weighted by molar-refractivity contribution is 7.91. The van der Waals surface area contributed by atoms with Crippen LogP contribution in [0.1, 0.15) is 64.9 Å². The second-order valence-corrected chi connectivity index (χ2v) is 17.9. The number of fused-ring (bicyclic) bond motifs is 3. The fourth-order valence-electron chi connectivity index (χ4n) is 7.30. The third kappa shape index (κ3) is 8.10. The number of aromatic nitrogens is 1. The highest BCUT2D eigenvalue weighted by Gasteiger charge is 2.62. The number of rotatable bonds is 7. The van der Waals surface area contributed by atoms with Crippen molar-refractivity contribution in [1.82, 2.24) is 25.2 Å². The zero-order valence-corrected chi connectivity index (χ0v) is 32.1. The Labute approximate surface area is 321 Å². The monoisotopic (exact) mass is 769 g/mol. The molecule has 1 saturated heterocycles. The summed E-state index contributed by atoms with van der Waals surface area (Å²) in [6.45, 7) is 9.27. The van der Waals surface area contributed by atoms with Crippen LogP contribution in [-0.2, 0) is 29.1 Å². The second-order valence-electron chi connectivity index (χ2n) is 15.9. The number of pyridine rings is 1. The molecule has 0 radical (unpaired) electrons. The molecule has 4 aliphatic rings. The van der Waals surface area contributed by atoms with Crippen molar-refractivity contribution < 1.29 is 37.1 Å². The van der Waals surface area contributed by atoms with E-state index in [2.05, 4.69) is 21.9 Å². The maximum absolute atomic E-state index is 14.6. The van der Waals surface area contributed by atoms with Crippen molar-refractivity contribution >= 4 is 50.7 Å². The normalized spacial score (nSPS) is 26.5. The van der Waals surface area contributed by atoms with Gasteiger partial charge in [0.25, 0.3) is 5.91 Å². The molecule has 14 heteroatoms. The number of cyclic esters (lactones) is 1. The van der Waals surface area contributed by atoms with E-state index in [0.29, 0.717) is 37.3 Å². The minimum atomic E-state index is -3.91. The van der Waals surface area contributed by atoms with Gasteiger partial charge in [-0.1, -0.05) is 81.5 Å². The third-order valence-corrected chi connectivity index (χ3v) is 12.5. The number of hydrogen-bond acceptors (Lipinski definition) is 9. The lowest BCUT2D eigenvalue weighted by atomic mass is 9.85. The molecule has 0 spiro atoms. The van der Waals surface area contributed by atoms with E-state index in [-0.39, 0.29) is 26.0 Å². The molecule has 2 aliphatic heterocycles. The van der Waals surface area contributed by atoms with Gasteiger partial charge in [0.2, 0.25) is 27.7 Å². The standard InChI is InChI=1S/C41H47N5O8S/c1-5-28-23-41(28,38(49)45-55(51,52)30-17-18-30)44-35(47)33-22-29-24-46(33)37(48)34(40(2,3)4)43-39(50)53-19-11-7-8-12-25-15-16-27-21-32(26-13-9-6-10-14-26)42-36(54-29)31(27)20-25/h5-6,8-10,12-16,20-21,28-30,33-34H,1,7,11,17-19,22-24H2,2-4H3,(H,43,50)(H,44,47)(H,45,49)/b12-8+/t28-,29-,33+,34?,41-/m1/s1. The van der Waals surface area contributed by atoms with Gasteiger partial charge in [0.15, 0.2) is 0 Å². The molecule has 5 atom stereocenters. The number of sulfonamides is 1. The van der Waals surface area contributed by atoms with Crippen LogP contribution in [0.4, 0.5) is 4.79 Å². The van der Waals surface area contributed by atoms with Crippen molar-refractivity contribution in [3.05, 3.63) is 78.9 Å². The summed E-state index contributed by atoms with van der Waals surface area (Å²) < 4.78 is 39.8. The van der Waals surface area contributed by atoms with Gasteiger partial charge in [0.1, 0.15) is 23.7 Å². The van der Waals surface area contributed by atoms with Gasteiger partial charge in [-0.25, -0.2) is 18.2 Å². The van der Waals surface area contributed by atoms with E-state index in [1.165, 1.54) is 11.0 Å². The van der Waals surface area contributed by atoms with Crippen LogP contribution in [0, 0.1) is 11.3 Å². The van der Waals surface area contributed by atoms with Gasteiger partial charge in [0, 0.05) is 23.3 Å². The fourth-order valence-corrected chi connectivity index (χ4v) is 8.66. The first-order valence-corrected chi connectivity index (χ1v) is 20.3. The first-order valence-electron chi connectivity index (χ1n) is 18.8. The number of carbonyl (C=O) groups excluding carboxylic acids is 4. The van der Waals surface area contributed by atoms with Gasteiger partial charge >= 0.3 is 6.09 Å². The predicted octanol–water partition coefficient (Wildman–Crippen LogP) is 4.87. The molecule has 1 aromatic heterocycles. The molecule has 3 fully saturated rings. The fraction of sp³-hybridized carbons (Fsp3) is 0.439. The zero-order valence-electron chi connectivity index (χ0n) is 31.2. The smallest absolute Gasteiger partial charge is 0.407 e. The largest absolute Gasteiger partial charge is 0.472 e. The molecule has 1 unspecified atom stereocenters. The van der Waals surface area contributed by atoms with Crippen LogP contribution in [0.15, 0.2) is 73.3 Å². The van der Waals surface area contributed by atoms with E-state index < -0.39 is 74.1 Å². The summed E-state index contributed by atoms with van der Waals surface area (Å²) in [6.07, 6.45) is 6.29. The summed E-state index contributed by atoms with van der Waals surface area (Å²) >= 11 is 0. The van der Waals surface area contributed by atoms with E-state index in [0.717, 1.165) is 21.9 Å². The summed E-state index contributed by atoms with van der Waals surface area (Å²) in [5, 5.41) is 6.55. The molecule has 3 aromatic rings. The maximum atomic E-state index is 14.6. The van der Waals surface area contributed by atoms with E-state index >= 15 is 0 Å². The maximum Gasteiger partial charge on any atom is 0.407 e. The SMILES string of the molecule is C=C[C@@H]1C[C@]1(NC(=O)[C@@H]1C[C@@H]2CN1C(=O)C(C(C)(C)C)NC(=O)OCCC/C=C/c1ccc3cc(-c4ccccc4)nc(c3c1)O2)C(=O)NS(=O)(=O)C1CC1. The number of hydrogen-bond donors (Lipinski definition) is 3. The lowest BCUT2D eigenvalue weighted by Gasteiger charge is -2.35. The number of alkyl carbamates (subject to hydrolysis) is 1. The van der Waals surface area contributed by atoms with Crippen molar-refractivity contribution in [2.24, 2.45) is 11.3 Å². The third-order valence-electron chi connectivity index (χ3n) is 10.7. The molecule has 4 amide bonds. The first-order chi connectivity index (χ1) is 26.2. The van der Waals surface area contributed by atoms with Crippen LogP contribution in [0.2, 0.25) is 0 Å². The van der Waals surface area contributed by atoms with Crippen LogP contribution in [0.5, 0.6) is 5.88 Å². The van der Waals surface area contributed by atoms with Crippen molar-refractivity contribution in [2.75, 3.05) is 13.2 Å². The Kier molecular flexibility index (Phi) is 10.2. The molecule has 13 nitrogen and oxygen atoms in total. The van der Waals surface area contributed by atoms with Gasteiger partial charge in [-0.2, -0.15) is 0 Å². The Hall–Kier alpha value is -5.24. The van der Waals surface area contributed by atoms with Crippen molar-refractivity contribution in [1.29, 1.82) is 0 Å². The summed E-state index contributed by atoms with van der Waals surface area (Å²) in [7, 11) is -3.91. The van der Waals surface area contributed by atoms with Crippen LogP contribution in [0.25, 0.3) is 28.1 Å². The average Bonchev–Trinajstić information content (AvgIpc) is 4.08. The molecule has 55 heavy (non-hydrogen) atoms. The highest BCUT2D eigenvalue weighted by Crippen LogP contribution is 2.46. The highest BCUT2D eigenvalue weighted by atomic mass is 32.2. The molecule has 4 bridgehead atoms. The number of amides is 4. The number of benzene rings is 2. The summed E-state index contributed by atoms with van der Waals surface area (Å²) in [5.41, 5.74) is 0.113. The topological polar surface area (TPSA) is 173 Å². The lowest BCUT2D eigenvalue weighted by molar-refractivity contribution is -0.142. The number of carbonyl (C=O) groups is 4. The average molecular weight is 770 g/mol. The van der Waals surface area contributed by atoms with E-state index in [9.17, 15) is 27.6 Å². The molecular formula is C41H47N5O8S. The quantitative estimate of drug-likeness (QED) is 0.284. The minimum Gasteiger partial charge on any atom is -0.472 e. The Morgan fingerprint density at radius 2 is 1.85 bits per heavy atom. The van der Waals surface area contributed by atoms with Crippen molar-refractivity contribution in [3.8, 4) is 17.1 Å². The van der Waals surface area contributed by atoms with Crippen LogP contribution < -0.4 is 20.1 Å². The zero-order chi connectivity index (χ0) is 39.1. The lowest BCUT2D eigenvalue weighted by Crippen LogP contribution is -2.60. The van der Waals surface area contributed by atoms with E-state index in [1.807, 2.05) is 66.7 Å². The minimum absolute atomic E-state index is 0.0219. The predicted molar refractivity (Wildman–Crippen MR) is 207 cm³/mol. The Morgan fingerprint density at radius 1 is 1.09 bits per heavy atom. The van der Waals surface area contributed by atoms with Gasteiger partial charge < -0.3 is 25.0 Å². The molecule has 2 saturated carbocycles. The molecule has 2 aromatic carbocycles.